The summed E-state index contributed by atoms with van der Waals surface area (Å²) in [6.45, 7) is 3.86. The molecule has 0 aliphatic rings. The molecule has 0 radical (unpaired) electrons. The van der Waals surface area contributed by atoms with Gasteiger partial charge in [0.15, 0.2) is 0 Å². The Bertz CT molecular complexity index is 91.3. The molecule has 0 rings (SSSR count). The quantitative estimate of drug-likeness (QED) is 0.436. The zero-order valence-electron chi connectivity index (χ0n) is 6.62. The lowest BCUT2D eigenvalue weighted by molar-refractivity contribution is 0.699. The maximum atomic E-state index is 3.86. The fraction of sp³-hybridized carbons (Fsp3) is 0.750. The van der Waals surface area contributed by atoms with Crippen molar-refractivity contribution in [3.63, 3.8) is 0 Å². The molecule has 60 valence electrons. The summed E-state index contributed by atoms with van der Waals surface area (Å²) in [6.07, 6.45) is 5.09. The van der Waals surface area contributed by atoms with Crippen LogP contribution in [0.2, 0.25) is 0 Å². The average Bonchev–Trinajstić information content (AvgIpc) is 1.98. The highest BCUT2D eigenvalue weighted by molar-refractivity contribution is 14.1. The Kier molecular flexibility index (Phi) is 7.58. The van der Waals surface area contributed by atoms with Crippen LogP contribution in [0.1, 0.15) is 25.7 Å². The van der Waals surface area contributed by atoms with Crippen molar-refractivity contribution in [1.29, 1.82) is 0 Å². The van der Waals surface area contributed by atoms with Crippen molar-refractivity contribution in [3.05, 3.63) is 12.3 Å². The summed E-state index contributed by atoms with van der Waals surface area (Å²) in [6, 6.07) is 0. The third-order valence-electron chi connectivity index (χ3n) is 1.47. The highest BCUT2D eigenvalue weighted by Gasteiger charge is 1.89. The van der Waals surface area contributed by atoms with Crippen molar-refractivity contribution in [2.24, 2.45) is 0 Å². The molecule has 0 aromatic carbocycles. The molecule has 2 heteroatoms. The van der Waals surface area contributed by atoms with E-state index < -0.39 is 0 Å². The minimum Gasteiger partial charge on any atom is -0.392 e. The molecule has 0 unspecified atom stereocenters. The number of nitrogens with one attached hydrogen (secondary N) is 1. The second-order valence-electron chi connectivity index (χ2n) is 2.35. The molecular formula is C8H16IN. The second-order valence-corrected chi connectivity index (χ2v) is 3.43. The van der Waals surface area contributed by atoms with Crippen molar-refractivity contribution in [3.8, 4) is 0 Å². The summed E-state index contributed by atoms with van der Waals surface area (Å²) in [5.74, 6) is 0. The van der Waals surface area contributed by atoms with Crippen molar-refractivity contribution >= 4 is 22.6 Å². The third-order valence-corrected chi connectivity index (χ3v) is 2.23. The maximum Gasteiger partial charge on any atom is 0.00310 e. The molecule has 0 amide bonds. The minimum absolute atomic E-state index is 1.13. The lowest BCUT2D eigenvalue weighted by Gasteiger charge is -2.02. The zero-order chi connectivity index (χ0) is 7.82. The van der Waals surface area contributed by atoms with Crippen LogP contribution in [-0.4, -0.2) is 11.5 Å². The maximum absolute atomic E-state index is 3.86. The number of rotatable bonds is 6. The molecule has 0 spiro atoms. The smallest absolute Gasteiger partial charge is 0.00310 e. The Balaban J connectivity index is 2.96. The molecule has 1 N–H and O–H groups in total. The first-order chi connectivity index (χ1) is 4.81. The second kappa shape index (κ2) is 7.38. The van der Waals surface area contributed by atoms with E-state index >= 15 is 0 Å². The number of halogens is 1. The molecule has 0 saturated carbocycles. The van der Waals surface area contributed by atoms with Crippen molar-refractivity contribution in [1.82, 2.24) is 5.32 Å². The first kappa shape index (κ1) is 10.3. The van der Waals surface area contributed by atoms with Gasteiger partial charge in [0.25, 0.3) is 0 Å². The van der Waals surface area contributed by atoms with Gasteiger partial charge < -0.3 is 5.32 Å². The number of allylic oxidation sites excluding steroid dienone is 1. The van der Waals surface area contributed by atoms with Crippen LogP contribution >= 0.6 is 22.6 Å². The van der Waals surface area contributed by atoms with Gasteiger partial charge in [0, 0.05) is 12.7 Å². The van der Waals surface area contributed by atoms with E-state index in [0.717, 1.165) is 12.1 Å². The Morgan fingerprint density at radius 2 is 2.10 bits per heavy atom. The van der Waals surface area contributed by atoms with E-state index in [1.165, 1.54) is 23.7 Å². The molecule has 10 heavy (non-hydrogen) atoms. The highest BCUT2D eigenvalue weighted by atomic mass is 127. The Morgan fingerprint density at radius 1 is 1.40 bits per heavy atom. The monoisotopic (exact) mass is 253 g/mol. The number of alkyl halides is 1. The molecule has 0 aliphatic carbocycles. The molecule has 0 aromatic heterocycles. The number of unbranched alkanes of at least 4 members (excludes halogenated alkanes) is 2. The van der Waals surface area contributed by atoms with Crippen LogP contribution in [0.3, 0.4) is 0 Å². The molecule has 1 nitrogen and oxygen atoms in total. The molecular weight excluding hydrogens is 237 g/mol. The molecule has 0 fully saturated rings. The highest BCUT2D eigenvalue weighted by Crippen LogP contribution is 2.05. The number of hydrogen-bond acceptors (Lipinski definition) is 1. The van der Waals surface area contributed by atoms with Gasteiger partial charge in [-0.2, -0.15) is 0 Å². The predicted molar refractivity (Wildman–Crippen MR) is 55.6 cm³/mol. The van der Waals surface area contributed by atoms with Gasteiger partial charge in [-0.15, -0.1) is 0 Å². The van der Waals surface area contributed by atoms with Crippen LogP contribution in [0.25, 0.3) is 0 Å². The van der Waals surface area contributed by atoms with Crippen LogP contribution in [-0.2, 0) is 0 Å². The minimum atomic E-state index is 1.13. The fourth-order valence-electron chi connectivity index (χ4n) is 0.735. The summed E-state index contributed by atoms with van der Waals surface area (Å²) in [5.41, 5.74) is 1.16. The molecule has 0 bridgehead atoms. The summed E-state index contributed by atoms with van der Waals surface area (Å²) >= 11 is 2.42. The van der Waals surface area contributed by atoms with Gasteiger partial charge in [0.1, 0.15) is 0 Å². The normalized spacial score (nSPS) is 9.40. The predicted octanol–water partition coefficient (Wildman–Crippen LogP) is 2.71. The Hall–Kier alpha value is 0.270. The Labute approximate surface area is 77.4 Å². The topological polar surface area (TPSA) is 12.0 Å². The van der Waals surface area contributed by atoms with E-state index in [2.05, 4.69) is 34.5 Å². The molecule has 0 heterocycles. The van der Waals surface area contributed by atoms with E-state index in [1.54, 1.807) is 0 Å². The first-order valence-corrected chi connectivity index (χ1v) is 5.25. The summed E-state index contributed by atoms with van der Waals surface area (Å²) < 4.78 is 1.28. The van der Waals surface area contributed by atoms with Crippen LogP contribution in [0, 0.1) is 0 Å². The van der Waals surface area contributed by atoms with Gasteiger partial charge >= 0.3 is 0 Å². The molecule has 0 aromatic rings. The van der Waals surface area contributed by atoms with E-state index in [-0.39, 0.29) is 0 Å². The van der Waals surface area contributed by atoms with Gasteiger partial charge in [-0.3, -0.25) is 0 Å². The van der Waals surface area contributed by atoms with Gasteiger partial charge in [-0.1, -0.05) is 35.6 Å². The van der Waals surface area contributed by atoms with E-state index in [4.69, 9.17) is 0 Å². The number of hydrogen-bond donors (Lipinski definition) is 1. The lowest BCUT2D eigenvalue weighted by atomic mass is 10.2. The van der Waals surface area contributed by atoms with E-state index in [0.29, 0.717) is 0 Å². The van der Waals surface area contributed by atoms with Gasteiger partial charge in [-0.25, -0.2) is 0 Å². The summed E-state index contributed by atoms with van der Waals surface area (Å²) in [4.78, 5) is 0. The van der Waals surface area contributed by atoms with Gasteiger partial charge in [-0.05, 0) is 23.7 Å². The molecule has 0 atom stereocenters. The summed E-state index contributed by atoms with van der Waals surface area (Å²) in [5, 5.41) is 3.05. The van der Waals surface area contributed by atoms with Crippen LogP contribution < -0.4 is 5.32 Å². The Morgan fingerprint density at radius 3 is 2.60 bits per heavy atom. The van der Waals surface area contributed by atoms with Crippen molar-refractivity contribution in [2.45, 2.75) is 25.7 Å². The first-order valence-electron chi connectivity index (χ1n) is 3.72. The largest absolute Gasteiger partial charge is 0.392 e. The van der Waals surface area contributed by atoms with Gasteiger partial charge in [0.05, 0.1) is 0 Å². The van der Waals surface area contributed by atoms with Crippen molar-refractivity contribution < 1.29 is 0 Å². The fourth-order valence-corrected chi connectivity index (χ4v) is 1.27. The SMILES string of the molecule is C=C(CCCCCI)NC. The molecule has 0 saturated heterocycles. The molecule has 0 aliphatic heterocycles. The average molecular weight is 253 g/mol. The standard InChI is InChI=1S/C8H16IN/c1-8(10-2)6-4-3-5-7-9/h10H,1,3-7H2,2H3. The van der Waals surface area contributed by atoms with Gasteiger partial charge in [0.2, 0.25) is 0 Å². The van der Waals surface area contributed by atoms with Crippen LogP contribution in [0.5, 0.6) is 0 Å². The lowest BCUT2D eigenvalue weighted by Crippen LogP contribution is -2.03. The zero-order valence-corrected chi connectivity index (χ0v) is 8.78. The van der Waals surface area contributed by atoms with Crippen molar-refractivity contribution in [2.75, 3.05) is 11.5 Å². The van der Waals surface area contributed by atoms with E-state index in [9.17, 15) is 0 Å². The van der Waals surface area contributed by atoms with Crippen LogP contribution in [0.4, 0.5) is 0 Å². The van der Waals surface area contributed by atoms with Crippen LogP contribution in [0.15, 0.2) is 12.3 Å². The summed E-state index contributed by atoms with van der Waals surface area (Å²) in [7, 11) is 1.93. The van der Waals surface area contributed by atoms with E-state index in [1.807, 2.05) is 7.05 Å². The third kappa shape index (κ3) is 6.39.